The minimum absolute atomic E-state index is 0.436. The largest absolute Gasteiger partial charge is 0.366 e. The Morgan fingerprint density at radius 3 is 2.43 bits per heavy atom. The van der Waals surface area contributed by atoms with Gasteiger partial charge in [0.25, 0.3) is 0 Å². The van der Waals surface area contributed by atoms with Crippen molar-refractivity contribution in [3.8, 4) is 6.07 Å². The van der Waals surface area contributed by atoms with Gasteiger partial charge >= 0.3 is 0 Å². The van der Waals surface area contributed by atoms with Gasteiger partial charge in [-0.3, -0.25) is 4.79 Å². The first-order valence-corrected chi connectivity index (χ1v) is 4.12. The number of nitriles is 1. The lowest BCUT2D eigenvalue weighted by Crippen LogP contribution is -2.11. The maximum Gasteiger partial charge on any atom is 0.244 e. The molecule has 1 rings (SSSR count). The molecule has 3 nitrogen and oxygen atoms in total. The Morgan fingerprint density at radius 1 is 1.43 bits per heavy atom. The number of benzene rings is 1. The topological polar surface area (TPSA) is 66.9 Å². The molecule has 3 heteroatoms. The summed E-state index contributed by atoms with van der Waals surface area (Å²) in [5, 5.41) is 8.56. The van der Waals surface area contributed by atoms with Crippen LogP contribution >= 0.6 is 0 Å². The van der Waals surface area contributed by atoms with Gasteiger partial charge in [0.05, 0.1) is 11.6 Å². The third-order valence-electron chi connectivity index (χ3n) is 1.81. The Balaban J connectivity index is 2.95. The van der Waals surface area contributed by atoms with Crippen LogP contribution in [0.15, 0.2) is 29.8 Å². The number of nitrogens with zero attached hydrogens (tertiary/aromatic N) is 1. The molecule has 0 spiro atoms. The summed E-state index contributed by atoms with van der Waals surface area (Å²) in [7, 11) is 0. The molecule has 1 aromatic rings. The van der Waals surface area contributed by atoms with Crippen LogP contribution in [0.2, 0.25) is 0 Å². The van der Waals surface area contributed by atoms with E-state index < -0.39 is 5.91 Å². The maximum atomic E-state index is 10.7. The number of carbonyl (C=O) groups is 1. The number of hydrogen-bond acceptors (Lipinski definition) is 2. The summed E-state index contributed by atoms with van der Waals surface area (Å²) in [6.45, 7) is 1.65. The molecule has 0 bridgehead atoms. The fourth-order valence-electron chi connectivity index (χ4n) is 0.975. The molecular formula is C11H10N2O. The number of primary amides is 1. The van der Waals surface area contributed by atoms with Gasteiger partial charge in [-0.1, -0.05) is 12.1 Å². The molecule has 1 amide bonds. The van der Waals surface area contributed by atoms with E-state index in [1.807, 2.05) is 6.07 Å². The smallest absolute Gasteiger partial charge is 0.244 e. The first-order chi connectivity index (χ1) is 6.63. The van der Waals surface area contributed by atoms with Crippen LogP contribution < -0.4 is 5.73 Å². The minimum Gasteiger partial charge on any atom is -0.366 e. The van der Waals surface area contributed by atoms with Crippen molar-refractivity contribution in [2.45, 2.75) is 6.92 Å². The van der Waals surface area contributed by atoms with Gasteiger partial charge < -0.3 is 5.73 Å². The lowest BCUT2D eigenvalue weighted by Gasteiger charge is -1.96. The molecule has 0 aromatic heterocycles. The van der Waals surface area contributed by atoms with Crippen LogP contribution in [0.25, 0.3) is 6.08 Å². The van der Waals surface area contributed by atoms with Crippen LogP contribution in [0.4, 0.5) is 0 Å². The molecule has 0 aliphatic rings. The lowest BCUT2D eigenvalue weighted by molar-refractivity contribution is -0.114. The predicted octanol–water partition coefficient (Wildman–Crippen LogP) is 1.45. The number of amides is 1. The maximum absolute atomic E-state index is 10.7. The van der Waals surface area contributed by atoms with E-state index in [1.54, 1.807) is 37.3 Å². The van der Waals surface area contributed by atoms with E-state index in [-0.39, 0.29) is 0 Å². The zero-order valence-corrected chi connectivity index (χ0v) is 7.82. The van der Waals surface area contributed by atoms with Gasteiger partial charge in [0, 0.05) is 5.57 Å². The normalized spacial score (nSPS) is 10.7. The minimum atomic E-state index is -0.436. The highest BCUT2D eigenvalue weighted by Crippen LogP contribution is 2.07. The third-order valence-corrected chi connectivity index (χ3v) is 1.81. The average Bonchev–Trinajstić information content (AvgIpc) is 2.19. The van der Waals surface area contributed by atoms with E-state index in [2.05, 4.69) is 0 Å². The fourth-order valence-corrected chi connectivity index (χ4v) is 0.975. The highest BCUT2D eigenvalue weighted by atomic mass is 16.1. The zero-order valence-electron chi connectivity index (χ0n) is 7.82. The van der Waals surface area contributed by atoms with Crippen molar-refractivity contribution in [3.05, 3.63) is 41.0 Å². The molecule has 1 aromatic carbocycles. The summed E-state index contributed by atoms with van der Waals surface area (Å²) in [4.78, 5) is 10.7. The Morgan fingerprint density at radius 2 is 2.00 bits per heavy atom. The third kappa shape index (κ3) is 2.46. The second-order valence-electron chi connectivity index (χ2n) is 2.93. The standard InChI is InChI=1S/C11H10N2O/c1-8(11(13)14)6-9-2-4-10(7-12)5-3-9/h2-6H,1H3,(H2,13,14). The molecule has 0 saturated carbocycles. The van der Waals surface area contributed by atoms with Crippen LogP contribution in [-0.4, -0.2) is 5.91 Å². The van der Waals surface area contributed by atoms with Gasteiger partial charge in [-0.25, -0.2) is 0 Å². The highest BCUT2D eigenvalue weighted by molar-refractivity contribution is 5.95. The van der Waals surface area contributed by atoms with E-state index >= 15 is 0 Å². The molecule has 0 atom stereocenters. The van der Waals surface area contributed by atoms with Crippen molar-refractivity contribution in [1.29, 1.82) is 5.26 Å². The van der Waals surface area contributed by atoms with E-state index in [0.29, 0.717) is 11.1 Å². The Hall–Kier alpha value is -2.08. The monoisotopic (exact) mass is 186 g/mol. The van der Waals surface area contributed by atoms with Crippen LogP contribution in [-0.2, 0) is 4.79 Å². The molecule has 14 heavy (non-hydrogen) atoms. The summed E-state index contributed by atoms with van der Waals surface area (Å²) >= 11 is 0. The van der Waals surface area contributed by atoms with Crippen LogP contribution in [0.5, 0.6) is 0 Å². The van der Waals surface area contributed by atoms with Gasteiger partial charge in [0.1, 0.15) is 0 Å². The van der Waals surface area contributed by atoms with Crippen molar-refractivity contribution in [2.24, 2.45) is 5.73 Å². The van der Waals surface area contributed by atoms with Crippen LogP contribution in [0.1, 0.15) is 18.1 Å². The quantitative estimate of drug-likeness (QED) is 0.710. The molecule has 70 valence electrons. The van der Waals surface area contributed by atoms with Gasteiger partial charge in [0.2, 0.25) is 5.91 Å². The van der Waals surface area contributed by atoms with Gasteiger partial charge in [-0.15, -0.1) is 0 Å². The first-order valence-electron chi connectivity index (χ1n) is 4.12. The van der Waals surface area contributed by atoms with Crippen molar-refractivity contribution >= 4 is 12.0 Å². The zero-order chi connectivity index (χ0) is 10.6. The number of carbonyl (C=O) groups excluding carboxylic acids is 1. The van der Waals surface area contributed by atoms with Crippen LogP contribution in [0.3, 0.4) is 0 Å². The SMILES string of the molecule is CC(=Cc1ccc(C#N)cc1)C(N)=O. The molecule has 0 radical (unpaired) electrons. The number of hydrogen-bond donors (Lipinski definition) is 1. The summed E-state index contributed by atoms with van der Waals surface area (Å²) < 4.78 is 0. The molecule has 0 saturated heterocycles. The molecule has 2 N–H and O–H groups in total. The molecular weight excluding hydrogens is 176 g/mol. The fraction of sp³-hybridized carbons (Fsp3) is 0.0909. The van der Waals surface area contributed by atoms with E-state index in [9.17, 15) is 4.79 Å². The van der Waals surface area contributed by atoms with E-state index in [1.165, 1.54) is 0 Å². The van der Waals surface area contributed by atoms with Crippen molar-refractivity contribution < 1.29 is 4.79 Å². The Labute approximate surface area is 82.5 Å². The second kappa shape index (κ2) is 4.24. The van der Waals surface area contributed by atoms with E-state index in [0.717, 1.165) is 5.56 Å². The van der Waals surface area contributed by atoms with Gasteiger partial charge in [-0.2, -0.15) is 5.26 Å². The summed E-state index contributed by atoms with van der Waals surface area (Å²) in [6, 6.07) is 8.94. The van der Waals surface area contributed by atoms with Crippen molar-refractivity contribution in [2.75, 3.05) is 0 Å². The average molecular weight is 186 g/mol. The van der Waals surface area contributed by atoms with Crippen molar-refractivity contribution in [3.63, 3.8) is 0 Å². The van der Waals surface area contributed by atoms with E-state index in [4.69, 9.17) is 11.0 Å². The summed E-state index contributed by atoms with van der Waals surface area (Å²) in [5.41, 5.74) is 7.03. The molecule has 0 heterocycles. The molecule has 0 unspecified atom stereocenters. The summed E-state index contributed by atoms with van der Waals surface area (Å²) in [5.74, 6) is -0.436. The van der Waals surface area contributed by atoms with Crippen molar-refractivity contribution in [1.82, 2.24) is 0 Å². The highest BCUT2D eigenvalue weighted by Gasteiger charge is 1.97. The Bertz CT molecular complexity index is 410. The Kier molecular flexibility index (Phi) is 3.03. The molecule has 0 fully saturated rings. The predicted molar refractivity (Wildman–Crippen MR) is 54.0 cm³/mol. The number of nitrogens with two attached hydrogens (primary N) is 1. The second-order valence-corrected chi connectivity index (χ2v) is 2.93. The first kappa shape index (κ1) is 10.0. The number of rotatable bonds is 2. The lowest BCUT2D eigenvalue weighted by atomic mass is 10.1. The molecule has 0 aliphatic carbocycles. The van der Waals surface area contributed by atoms with Crippen LogP contribution in [0, 0.1) is 11.3 Å². The van der Waals surface area contributed by atoms with Gasteiger partial charge in [0.15, 0.2) is 0 Å². The molecule has 0 aliphatic heterocycles. The van der Waals surface area contributed by atoms with Gasteiger partial charge in [-0.05, 0) is 30.7 Å². The summed E-state index contributed by atoms with van der Waals surface area (Å²) in [6.07, 6.45) is 1.68.